The van der Waals surface area contributed by atoms with Crippen LogP contribution in [-0.2, 0) is 10.0 Å². The van der Waals surface area contributed by atoms with Gasteiger partial charge in [-0.3, -0.25) is 0 Å². The van der Waals surface area contributed by atoms with Crippen molar-refractivity contribution < 1.29 is 8.42 Å². The molecule has 1 aromatic carbocycles. The summed E-state index contributed by atoms with van der Waals surface area (Å²) in [5.41, 5.74) is 7.98. The summed E-state index contributed by atoms with van der Waals surface area (Å²) in [5.74, 6) is 0. The average Bonchev–Trinajstić information content (AvgIpc) is 2.22. The molecular weight excluding hydrogens is 236 g/mol. The summed E-state index contributed by atoms with van der Waals surface area (Å²) >= 11 is 0. The lowest BCUT2D eigenvalue weighted by atomic mass is 10.1. The van der Waals surface area contributed by atoms with Crippen molar-refractivity contribution in [2.45, 2.75) is 45.1 Å². The van der Waals surface area contributed by atoms with Gasteiger partial charge in [-0.25, -0.2) is 13.1 Å². The Morgan fingerprint density at radius 1 is 1.29 bits per heavy atom. The van der Waals surface area contributed by atoms with E-state index in [1.54, 1.807) is 12.1 Å². The van der Waals surface area contributed by atoms with Gasteiger partial charge in [0.05, 0.1) is 5.69 Å². The number of hydrogen-bond acceptors (Lipinski definition) is 3. The van der Waals surface area contributed by atoms with E-state index in [9.17, 15) is 8.42 Å². The molecule has 4 nitrogen and oxygen atoms in total. The summed E-state index contributed by atoms with van der Waals surface area (Å²) in [6, 6.07) is 3.22. The van der Waals surface area contributed by atoms with Crippen molar-refractivity contribution in [3.8, 4) is 0 Å². The summed E-state index contributed by atoms with van der Waals surface area (Å²) < 4.78 is 26.8. The number of nitrogen functional groups attached to an aromatic ring is 1. The molecule has 0 spiro atoms. The van der Waals surface area contributed by atoms with Crippen molar-refractivity contribution in [1.82, 2.24) is 4.72 Å². The zero-order chi connectivity index (χ0) is 13.2. The number of hydrogen-bond donors (Lipinski definition) is 2. The Balaban J connectivity index is 3.20. The number of anilines is 1. The number of nitrogens with two attached hydrogens (primary N) is 1. The van der Waals surface area contributed by atoms with Crippen LogP contribution in [0.5, 0.6) is 0 Å². The van der Waals surface area contributed by atoms with E-state index < -0.39 is 10.0 Å². The first-order valence-electron chi connectivity index (χ1n) is 5.67. The van der Waals surface area contributed by atoms with Gasteiger partial charge in [-0.1, -0.05) is 6.92 Å². The molecule has 0 aliphatic heterocycles. The summed E-state index contributed by atoms with van der Waals surface area (Å²) in [6.45, 7) is 7.53. The Hall–Kier alpha value is -1.07. The van der Waals surface area contributed by atoms with Crippen LogP contribution in [0.15, 0.2) is 17.0 Å². The molecule has 0 saturated carbocycles. The zero-order valence-corrected chi connectivity index (χ0v) is 11.6. The molecule has 17 heavy (non-hydrogen) atoms. The molecule has 0 radical (unpaired) electrons. The predicted octanol–water partition coefficient (Wildman–Crippen LogP) is 1.96. The number of benzene rings is 1. The summed E-state index contributed by atoms with van der Waals surface area (Å²) in [7, 11) is -3.52. The Morgan fingerprint density at radius 3 is 2.35 bits per heavy atom. The molecule has 96 valence electrons. The van der Waals surface area contributed by atoms with Gasteiger partial charge in [-0.2, -0.15) is 0 Å². The Morgan fingerprint density at radius 2 is 1.82 bits per heavy atom. The predicted molar refractivity (Wildman–Crippen MR) is 70.4 cm³/mol. The molecule has 1 unspecified atom stereocenters. The van der Waals surface area contributed by atoms with Gasteiger partial charge in [-0.05, 0) is 50.5 Å². The van der Waals surface area contributed by atoms with Gasteiger partial charge < -0.3 is 5.73 Å². The van der Waals surface area contributed by atoms with Crippen LogP contribution in [0, 0.1) is 13.8 Å². The Kier molecular flexibility index (Phi) is 4.16. The van der Waals surface area contributed by atoms with E-state index in [1.165, 1.54) is 0 Å². The third-order valence-electron chi connectivity index (χ3n) is 2.88. The first-order chi connectivity index (χ1) is 7.77. The molecule has 1 rings (SSSR count). The minimum absolute atomic E-state index is 0.0963. The monoisotopic (exact) mass is 256 g/mol. The zero-order valence-electron chi connectivity index (χ0n) is 10.7. The largest absolute Gasteiger partial charge is 0.398 e. The quantitative estimate of drug-likeness (QED) is 0.809. The normalized spacial score (nSPS) is 13.6. The third-order valence-corrected chi connectivity index (χ3v) is 4.53. The van der Waals surface area contributed by atoms with Gasteiger partial charge in [0.1, 0.15) is 4.90 Å². The van der Waals surface area contributed by atoms with Gasteiger partial charge in [-0.15, -0.1) is 0 Å². The van der Waals surface area contributed by atoms with Gasteiger partial charge in [0.2, 0.25) is 10.0 Å². The van der Waals surface area contributed by atoms with Crippen LogP contribution in [-0.4, -0.2) is 14.5 Å². The summed E-state index contributed by atoms with van der Waals surface area (Å²) in [5, 5.41) is 0. The fourth-order valence-corrected chi connectivity index (χ4v) is 2.98. The standard InChI is InChI=1S/C12H20N2O2S/c1-5-10(4)14-17(15,16)12-7-9(3)8(2)6-11(12)13/h6-7,10,14H,5,13H2,1-4H3. The molecule has 0 heterocycles. The molecule has 1 atom stereocenters. The minimum Gasteiger partial charge on any atom is -0.398 e. The van der Waals surface area contributed by atoms with Crippen molar-refractivity contribution in [1.29, 1.82) is 0 Å². The average molecular weight is 256 g/mol. The van der Waals surface area contributed by atoms with Crippen molar-refractivity contribution in [3.63, 3.8) is 0 Å². The van der Waals surface area contributed by atoms with E-state index in [-0.39, 0.29) is 10.9 Å². The van der Waals surface area contributed by atoms with Crippen molar-refractivity contribution in [3.05, 3.63) is 23.3 Å². The lowest BCUT2D eigenvalue weighted by Crippen LogP contribution is -2.32. The van der Waals surface area contributed by atoms with Gasteiger partial charge in [0.25, 0.3) is 0 Å². The molecule has 0 amide bonds. The maximum absolute atomic E-state index is 12.1. The highest BCUT2D eigenvalue weighted by atomic mass is 32.2. The number of aryl methyl sites for hydroxylation is 2. The van der Waals surface area contributed by atoms with Crippen LogP contribution in [0.25, 0.3) is 0 Å². The minimum atomic E-state index is -3.52. The van der Waals surface area contributed by atoms with E-state index in [0.717, 1.165) is 17.5 Å². The lowest BCUT2D eigenvalue weighted by molar-refractivity contribution is 0.556. The molecule has 0 aliphatic rings. The second-order valence-electron chi connectivity index (χ2n) is 4.40. The van der Waals surface area contributed by atoms with Crippen molar-refractivity contribution in [2.75, 3.05) is 5.73 Å². The van der Waals surface area contributed by atoms with E-state index in [2.05, 4.69) is 4.72 Å². The van der Waals surface area contributed by atoms with Crippen LogP contribution in [0.1, 0.15) is 31.4 Å². The van der Waals surface area contributed by atoms with Crippen molar-refractivity contribution >= 4 is 15.7 Å². The van der Waals surface area contributed by atoms with Gasteiger partial charge in [0, 0.05) is 6.04 Å². The van der Waals surface area contributed by atoms with Crippen LogP contribution in [0.2, 0.25) is 0 Å². The lowest BCUT2D eigenvalue weighted by Gasteiger charge is -2.14. The van der Waals surface area contributed by atoms with E-state index in [1.807, 2.05) is 27.7 Å². The number of nitrogens with one attached hydrogen (secondary N) is 1. The van der Waals surface area contributed by atoms with Crippen molar-refractivity contribution in [2.24, 2.45) is 0 Å². The first kappa shape index (κ1) is 14.0. The third kappa shape index (κ3) is 3.20. The Bertz CT molecular complexity index is 509. The molecular formula is C12H20N2O2S. The van der Waals surface area contributed by atoms with E-state index >= 15 is 0 Å². The molecule has 0 aliphatic carbocycles. The number of rotatable bonds is 4. The Labute approximate surface area is 103 Å². The van der Waals surface area contributed by atoms with Gasteiger partial charge in [0.15, 0.2) is 0 Å². The summed E-state index contributed by atoms with van der Waals surface area (Å²) in [6.07, 6.45) is 0.740. The SMILES string of the molecule is CCC(C)NS(=O)(=O)c1cc(C)c(C)cc1N. The molecule has 0 saturated heterocycles. The smallest absolute Gasteiger partial charge is 0.242 e. The maximum atomic E-state index is 12.1. The fourth-order valence-electron chi connectivity index (χ4n) is 1.46. The van der Waals surface area contributed by atoms with Crippen LogP contribution >= 0.6 is 0 Å². The topological polar surface area (TPSA) is 72.2 Å². The van der Waals surface area contributed by atoms with Crippen LogP contribution in [0.3, 0.4) is 0 Å². The highest BCUT2D eigenvalue weighted by molar-refractivity contribution is 7.89. The molecule has 0 fully saturated rings. The van der Waals surface area contributed by atoms with Crippen LogP contribution in [0.4, 0.5) is 5.69 Å². The second kappa shape index (κ2) is 5.06. The molecule has 0 bridgehead atoms. The number of sulfonamides is 1. The van der Waals surface area contributed by atoms with E-state index in [4.69, 9.17) is 5.73 Å². The highest BCUT2D eigenvalue weighted by Crippen LogP contribution is 2.22. The molecule has 1 aromatic rings. The maximum Gasteiger partial charge on any atom is 0.242 e. The molecule has 3 N–H and O–H groups in total. The van der Waals surface area contributed by atoms with Crippen LogP contribution < -0.4 is 10.5 Å². The molecule has 5 heteroatoms. The summed E-state index contributed by atoms with van der Waals surface area (Å²) in [4.78, 5) is 0.168. The highest BCUT2D eigenvalue weighted by Gasteiger charge is 2.20. The van der Waals surface area contributed by atoms with E-state index in [0.29, 0.717) is 5.69 Å². The fraction of sp³-hybridized carbons (Fsp3) is 0.500. The second-order valence-corrected chi connectivity index (χ2v) is 6.09. The first-order valence-corrected chi connectivity index (χ1v) is 7.15. The van der Waals surface area contributed by atoms with Gasteiger partial charge >= 0.3 is 0 Å². The molecule has 0 aromatic heterocycles.